The van der Waals surface area contributed by atoms with Gasteiger partial charge in [0.2, 0.25) is 0 Å². The van der Waals surface area contributed by atoms with Crippen LogP contribution >= 0.6 is 0 Å². The van der Waals surface area contributed by atoms with Gasteiger partial charge in [-0.25, -0.2) is 9.59 Å². The molecule has 2 aromatic carbocycles. The van der Waals surface area contributed by atoms with E-state index in [4.69, 9.17) is 9.15 Å². The van der Waals surface area contributed by atoms with E-state index in [2.05, 4.69) is 6.58 Å². The summed E-state index contributed by atoms with van der Waals surface area (Å²) in [6.07, 6.45) is 0. The lowest BCUT2D eigenvalue weighted by Crippen LogP contribution is -2.08. The molecule has 0 aliphatic rings. The van der Waals surface area contributed by atoms with Crippen LogP contribution in [0.3, 0.4) is 0 Å². The number of ether oxygens (including phenoxy) is 1. The van der Waals surface area contributed by atoms with Crippen molar-refractivity contribution in [3.63, 3.8) is 0 Å². The minimum atomic E-state index is -0.483. The predicted octanol–water partition coefficient (Wildman–Crippen LogP) is 4.25. The monoisotopic (exact) mass is 320 g/mol. The van der Waals surface area contributed by atoms with Crippen molar-refractivity contribution in [1.82, 2.24) is 0 Å². The summed E-state index contributed by atoms with van der Waals surface area (Å²) in [5, 5.41) is 0.863. The Bertz CT molecular complexity index is 994. The maximum absolute atomic E-state index is 12.2. The zero-order chi connectivity index (χ0) is 17.3. The average molecular weight is 320 g/mol. The number of aryl methyl sites for hydroxylation is 1. The SMILES string of the molecule is C=C(C)C(=O)Oc1ccc(-c2cc3cc(C)ccc3oc2=O)cc1. The molecule has 0 spiro atoms. The Kier molecular flexibility index (Phi) is 4.04. The minimum absolute atomic E-state index is 0.324. The molecule has 0 saturated carbocycles. The van der Waals surface area contributed by atoms with Crippen molar-refractivity contribution in [3.05, 3.63) is 76.7 Å². The first kappa shape index (κ1) is 15.7. The molecule has 120 valence electrons. The Morgan fingerprint density at radius 1 is 1.08 bits per heavy atom. The van der Waals surface area contributed by atoms with E-state index in [-0.39, 0.29) is 0 Å². The Hall–Kier alpha value is -3.14. The number of carbonyl (C=O) groups is 1. The molecule has 1 heterocycles. The number of hydrogen-bond donors (Lipinski definition) is 0. The highest BCUT2D eigenvalue weighted by Gasteiger charge is 2.10. The molecular weight excluding hydrogens is 304 g/mol. The lowest BCUT2D eigenvalue weighted by Gasteiger charge is -2.06. The normalized spacial score (nSPS) is 10.6. The standard InChI is InChI=1S/C20H16O4/c1-12(2)19(21)23-16-7-5-14(6-8-16)17-11-15-10-13(3)4-9-18(15)24-20(17)22/h4-11H,1H2,2-3H3. The molecule has 24 heavy (non-hydrogen) atoms. The molecule has 1 aromatic heterocycles. The summed E-state index contributed by atoms with van der Waals surface area (Å²) in [6.45, 7) is 7.10. The van der Waals surface area contributed by atoms with Gasteiger partial charge in [0.25, 0.3) is 0 Å². The Labute approximate surface area is 139 Å². The number of fused-ring (bicyclic) bond motifs is 1. The van der Waals surface area contributed by atoms with Crippen molar-refractivity contribution in [2.24, 2.45) is 0 Å². The number of hydrogen-bond acceptors (Lipinski definition) is 4. The van der Waals surface area contributed by atoms with Crippen LogP contribution in [0.5, 0.6) is 5.75 Å². The smallest absolute Gasteiger partial charge is 0.344 e. The molecule has 0 amide bonds. The molecule has 0 unspecified atom stereocenters. The maximum atomic E-state index is 12.2. The highest BCUT2D eigenvalue weighted by Crippen LogP contribution is 2.24. The molecule has 3 aromatic rings. The van der Waals surface area contributed by atoms with Gasteiger partial charge in [0.15, 0.2) is 0 Å². The van der Waals surface area contributed by atoms with Crippen molar-refractivity contribution in [3.8, 4) is 16.9 Å². The van der Waals surface area contributed by atoms with Crippen molar-refractivity contribution in [2.75, 3.05) is 0 Å². The zero-order valence-corrected chi connectivity index (χ0v) is 13.5. The van der Waals surface area contributed by atoms with Crippen molar-refractivity contribution in [2.45, 2.75) is 13.8 Å². The van der Waals surface area contributed by atoms with Gasteiger partial charge < -0.3 is 9.15 Å². The van der Waals surface area contributed by atoms with Crippen LogP contribution in [-0.2, 0) is 4.79 Å². The maximum Gasteiger partial charge on any atom is 0.344 e. The van der Waals surface area contributed by atoms with E-state index in [1.807, 2.05) is 25.1 Å². The van der Waals surface area contributed by atoms with Crippen LogP contribution < -0.4 is 10.4 Å². The Morgan fingerprint density at radius 3 is 2.46 bits per heavy atom. The fraction of sp³-hybridized carbons (Fsp3) is 0.100. The van der Waals surface area contributed by atoms with Crippen molar-refractivity contribution >= 4 is 16.9 Å². The molecule has 0 fully saturated rings. The molecular formula is C20H16O4. The van der Waals surface area contributed by atoms with Crippen LogP contribution in [0, 0.1) is 6.92 Å². The highest BCUT2D eigenvalue weighted by molar-refractivity contribution is 5.89. The fourth-order valence-corrected chi connectivity index (χ4v) is 2.34. The van der Waals surface area contributed by atoms with Gasteiger partial charge in [0, 0.05) is 11.0 Å². The van der Waals surface area contributed by atoms with Gasteiger partial charge in [0.1, 0.15) is 11.3 Å². The molecule has 0 atom stereocenters. The summed E-state index contributed by atoms with van der Waals surface area (Å²) in [6, 6.07) is 14.2. The summed E-state index contributed by atoms with van der Waals surface area (Å²) >= 11 is 0. The summed E-state index contributed by atoms with van der Waals surface area (Å²) < 4.78 is 10.5. The second-order valence-corrected chi connectivity index (χ2v) is 5.68. The summed E-state index contributed by atoms with van der Waals surface area (Å²) in [5.74, 6) is -0.0868. The molecule has 0 N–H and O–H groups in total. The van der Waals surface area contributed by atoms with Gasteiger partial charge >= 0.3 is 11.6 Å². The molecule has 0 aliphatic heterocycles. The van der Waals surface area contributed by atoms with Crippen LogP contribution in [0.4, 0.5) is 0 Å². The Morgan fingerprint density at radius 2 is 1.79 bits per heavy atom. The van der Waals surface area contributed by atoms with E-state index in [0.717, 1.165) is 10.9 Å². The largest absolute Gasteiger partial charge is 0.423 e. The first-order chi connectivity index (χ1) is 11.4. The van der Waals surface area contributed by atoms with Crippen molar-refractivity contribution < 1.29 is 13.9 Å². The van der Waals surface area contributed by atoms with Crippen LogP contribution in [0.1, 0.15) is 12.5 Å². The van der Waals surface area contributed by atoms with Gasteiger partial charge in [-0.2, -0.15) is 0 Å². The first-order valence-corrected chi connectivity index (χ1v) is 7.47. The quantitative estimate of drug-likeness (QED) is 0.313. The first-order valence-electron chi connectivity index (χ1n) is 7.47. The lowest BCUT2D eigenvalue weighted by atomic mass is 10.0. The topological polar surface area (TPSA) is 56.5 Å². The minimum Gasteiger partial charge on any atom is -0.423 e. The van der Waals surface area contributed by atoms with Gasteiger partial charge in [-0.15, -0.1) is 0 Å². The molecule has 4 heteroatoms. The molecule has 0 aliphatic carbocycles. The predicted molar refractivity (Wildman–Crippen MR) is 93.1 cm³/mol. The van der Waals surface area contributed by atoms with Gasteiger partial charge in [0.05, 0.1) is 5.56 Å². The number of carbonyl (C=O) groups excluding carboxylic acids is 1. The van der Waals surface area contributed by atoms with E-state index in [1.54, 1.807) is 37.3 Å². The third-order valence-electron chi connectivity index (χ3n) is 3.61. The zero-order valence-electron chi connectivity index (χ0n) is 13.5. The summed E-state index contributed by atoms with van der Waals surface area (Å²) in [4.78, 5) is 23.7. The van der Waals surface area contributed by atoms with E-state index in [1.165, 1.54) is 0 Å². The van der Waals surface area contributed by atoms with Gasteiger partial charge in [-0.05, 0) is 49.7 Å². The van der Waals surface area contributed by atoms with Gasteiger partial charge in [-0.1, -0.05) is 30.3 Å². The van der Waals surface area contributed by atoms with E-state index >= 15 is 0 Å². The van der Waals surface area contributed by atoms with Crippen molar-refractivity contribution in [1.29, 1.82) is 0 Å². The average Bonchev–Trinajstić information content (AvgIpc) is 2.55. The number of esters is 1. The van der Waals surface area contributed by atoms with E-state index in [9.17, 15) is 9.59 Å². The third-order valence-corrected chi connectivity index (χ3v) is 3.61. The molecule has 0 saturated heterocycles. The fourth-order valence-electron chi connectivity index (χ4n) is 2.34. The lowest BCUT2D eigenvalue weighted by molar-refractivity contribution is -0.130. The second kappa shape index (κ2) is 6.16. The summed E-state index contributed by atoms with van der Waals surface area (Å²) in [7, 11) is 0. The van der Waals surface area contributed by atoms with E-state index < -0.39 is 11.6 Å². The Balaban J connectivity index is 1.98. The number of benzene rings is 2. The molecule has 0 radical (unpaired) electrons. The van der Waals surface area contributed by atoms with Crippen LogP contribution in [0.2, 0.25) is 0 Å². The highest BCUT2D eigenvalue weighted by atomic mass is 16.5. The molecule has 4 nitrogen and oxygen atoms in total. The molecule has 0 bridgehead atoms. The molecule has 3 rings (SSSR count). The van der Waals surface area contributed by atoms with Gasteiger partial charge in [-0.3, -0.25) is 0 Å². The van der Waals surface area contributed by atoms with E-state index in [0.29, 0.717) is 28.0 Å². The van der Waals surface area contributed by atoms with Crippen LogP contribution in [0.25, 0.3) is 22.1 Å². The van der Waals surface area contributed by atoms with Crippen LogP contribution in [0.15, 0.2) is 69.9 Å². The second-order valence-electron chi connectivity index (χ2n) is 5.68. The van der Waals surface area contributed by atoms with Crippen LogP contribution in [-0.4, -0.2) is 5.97 Å². The number of rotatable bonds is 3. The summed E-state index contributed by atoms with van der Waals surface area (Å²) in [5.41, 5.74) is 2.72. The third kappa shape index (κ3) is 3.13.